The van der Waals surface area contributed by atoms with Crippen LogP contribution in [0.2, 0.25) is 24.7 Å². The molecule has 0 bridgehead atoms. The number of hydrogen-bond acceptors (Lipinski definition) is 9. The summed E-state index contributed by atoms with van der Waals surface area (Å²) in [4.78, 5) is 0. The van der Waals surface area contributed by atoms with E-state index >= 15 is 0 Å². The molecule has 1 saturated carbocycles. The minimum atomic E-state index is -2.36. The molecule has 0 saturated heterocycles. The maximum absolute atomic E-state index is 7.21. The van der Waals surface area contributed by atoms with Crippen molar-refractivity contribution in [3.05, 3.63) is 11.1 Å². The fourth-order valence-electron chi connectivity index (χ4n) is 8.64. The molecule has 0 aromatic heterocycles. The summed E-state index contributed by atoms with van der Waals surface area (Å²) < 4.78 is 62.5. The van der Waals surface area contributed by atoms with Crippen molar-refractivity contribution < 1.29 is 39.8 Å². The van der Waals surface area contributed by atoms with Crippen LogP contribution in [-0.4, -0.2) is 130 Å². The lowest BCUT2D eigenvalue weighted by molar-refractivity contribution is -0.470. The molecule has 0 spiro atoms. The molecule has 0 aliphatic heterocycles. The first kappa shape index (κ1) is 47.2. The van der Waals surface area contributed by atoms with E-state index in [1.807, 2.05) is 0 Å². The number of hydrogen-bond donors (Lipinski definition) is 0. The van der Waals surface area contributed by atoms with E-state index in [-0.39, 0.29) is 5.04 Å². The first-order valence-corrected chi connectivity index (χ1v) is 29.7. The molecule has 1 aliphatic carbocycles. The smallest absolute Gasteiger partial charge is 0.244 e. The Bertz CT molecular complexity index is 1030. The highest BCUT2D eigenvalue weighted by Crippen LogP contribution is 2.71. The Balaban J connectivity index is 4.38. The van der Waals surface area contributed by atoms with Crippen molar-refractivity contribution >= 4 is 102 Å². The molecule has 286 valence electrons. The zero-order valence-corrected chi connectivity index (χ0v) is 52.9. The average Bonchev–Trinajstić information content (AvgIpc) is 3.06. The summed E-state index contributed by atoms with van der Waals surface area (Å²) in [5, 5.41) is 0.896. The van der Waals surface area contributed by atoms with Crippen LogP contribution < -0.4 is 0 Å². The Hall–Kier alpha value is 1.23. The van der Waals surface area contributed by atoms with E-state index in [4.69, 9.17) is 39.8 Å². The summed E-state index contributed by atoms with van der Waals surface area (Å²) in [5.41, 5.74) is -4.05. The zero-order chi connectivity index (χ0) is 37.3. The van der Waals surface area contributed by atoms with Crippen LogP contribution in [-0.2, 0) is 39.8 Å². The van der Waals surface area contributed by atoms with Gasteiger partial charge in [0.05, 0.1) is 5.38 Å². The van der Waals surface area contributed by atoms with Gasteiger partial charge in [-0.3, -0.25) is 0 Å². The van der Waals surface area contributed by atoms with Crippen LogP contribution in [0.15, 0.2) is 11.1 Å². The fourth-order valence-corrected chi connectivity index (χ4v) is 19.2. The van der Waals surface area contributed by atoms with Gasteiger partial charge in [0, 0.05) is 5.41 Å². The maximum Gasteiger partial charge on any atom is 0.244 e. The van der Waals surface area contributed by atoms with Crippen molar-refractivity contribution in [1.82, 2.24) is 0 Å². The molecule has 4 atom stereocenters. The molecule has 0 amide bonds. The minimum Gasteiger partial charge on any atom is -0.554 e. The average molecular weight is 850 g/mol. The molecule has 0 aromatic rings. The molecule has 48 heavy (non-hydrogen) atoms. The Morgan fingerprint density at radius 3 is 1.40 bits per heavy atom. The van der Waals surface area contributed by atoms with Gasteiger partial charge in [0.15, 0.2) is 5.76 Å². The Kier molecular flexibility index (Phi) is 18.7. The van der Waals surface area contributed by atoms with Gasteiger partial charge in [-0.25, -0.2) is 0 Å². The van der Waals surface area contributed by atoms with Crippen molar-refractivity contribution in [2.24, 2.45) is 5.41 Å². The highest BCUT2D eigenvalue weighted by Gasteiger charge is 2.89. The van der Waals surface area contributed by atoms with Gasteiger partial charge in [-0.15, -0.1) is 0 Å². The summed E-state index contributed by atoms with van der Waals surface area (Å²) in [7, 11) is -0.208. The SMILES string of the molecule is CCCCCCCCCCCC1(C)C(C)(O[SiH3])C(O[SiH3])(O[SiH3])C(O[SiH3])(O[SiH3])C(O[SiH3])(C(O[SiH3])=C(O[SiH2]C)[Si](C)(C)C(C)(C)C)C1(C)O[SiH3]. The van der Waals surface area contributed by atoms with E-state index < -0.39 is 51.6 Å². The number of unbranched alkanes of at least 4 members (excludes halogenated alkanes) is 8. The van der Waals surface area contributed by atoms with Crippen LogP contribution in [0.1, 0.15) is 113 Å². The second kappa shape index (κ2) is 19.0. The predicted octanol–water partition coefficient (Wildman–Crippen LogP) is -2.64. The van der Waals surface area contributed by atoms with E-state index in [2.05, 4.69) is 68.1 Å². The molecule has 0 radical (unpaired) electrons. The molecule has 9 nitrogen and oxygen atoms in total. The Labute approximate surface area is 322 Å². The summed E-state index contributed by atoms with van der Waals surface area (Å²) in [6.45, 7) is 22.8. The maximum atomic E-state index is 7.21. The van der Waals surface area contributed by atoms with Crippen LogP contribution in [0.4, 0.5) is 0 Å². The van der Waals surface area contributed by atoms with E-state index in [0.29, 0.717) is 89.6 Å². The third-order valence-electron chi connectivity index (χ3n) is 12.8. The molecule has 4 unspecified atom stereocenters. The van der Waals surface area contributed by atoms with Gasteiger partial charge in [-0.05, 0) is 31.9 Å². The topological polar surface area (TPSA) is 83.1 Å². The van der Waals surface area contributed by atoms with Gasteiger partial charge in [0.2, 0.25) is 37.4 Å². The first-order valence-electron chi connectivity index (χ1n) is 18.2. The van der Waals surface area contributed by atoms with Gasteiger partial charge in [0.25, 0.3) is 0 Å². The summed E-state index contributed by atoms with van der Waals surface area (Å²) in [6.07, 6.45) is 12.1. The largest absolute Gasteiger partial charge is 0.554 e. The molecule has 0 N–H and O–H groups in total. The van der Waals surface area contributed by atoms with Crippen LogP contribution in [0, 0.1) is 5.41 Å². The van der Waals surface area contributed by atoms with Crippen LogP contribution in [0.25, 0.3) is 0 Å². The Morgan fingerprint density at radius 1 is 0.625 bits per heavy atom. The first-order chi connectivity index (χ1) is 22.4. The van der Waals surface area contributed by atoms with Crippen molar-refractivity contribution in [1.29, 1.82) is 0 Å². The molecule has 1 aliphatic rings. The quantitative estimate of drug-likeness (QED) is 0.0504. The predicted molar refractivity (Wildman–Crippen MR) is 233 cm³/mol. The normalized spacial score (nSPS) is 34.2. The summed E-state index contributed by atoms with van der Waals surface area (Å²) in [6, 6.07) is 0. The van der Waals surface area contributed by atoms with Gasteiger partial charge in [0.1, 0.15) is 92.7 Å². The van der Waals surface area contributed by atoms with Gasteiger partial charge in [-0.1, -0.05) is 106 Å². The van der Waals surface area contributed by atoms with Gasteiger partial charge >= 0.3 is 0 Å². The number of rotatable bonds is 22. The summed E-state index contributed by atoms with van der Waals surface area (Å²) in [5.74, 6) is -2.30. The summed E-state index contributed by atoms with van der Waals surface area (Å²) >= 11 is 0. The van der Waals surface area contributed by atoms with Crippen molar-refractivity contribution in [2.45, 2.75) is 166 Å². The third-order valence-corrected chi connectivity index (χ3v) is 23.9. The minimum absolute atomic E-state index is 0.0330. The lowest BCUT2D eigenvalue weighted by Gasteiger charge is -2.76. The van der Waals surface area contributed by atoms with Crippen molar-refractivity contribution in [3.63, 3.8) is 0 Å². The van der Waals surface area contributed by atoms with Crippen LogP contribution in [0.5, 0.6) is 0 Å². The molecule has 1 fully saturated rings. The highest BCUT2D eigenvalue weighted by atomic mass is 28.3. The zero-order valence-electron chi connectivity index (χ0n) is 34.5. The second-order valence-electron chi connectivity index (χ2n) is 15.5. The van der Waals surface area contributed by atoms with Gasteiger partial charge < -0.3 is 39.8 Å². The van der Waals surface area contributed by atoms with E-state index in [1.165, 1.54) is 44.9 Å². The molecule has 0 heterocycles. The third kappa shape index (κ3) is 7.22. The second-order valence-corrected chi connectivity index (χ2v) is 24.8. The molecular formula is C29H76O9Si10. The van der Waals surface area contributed by atoms with Crippen molar-refractivity contribution in [3.8, 4) is 0 Å². The Morgan fingerprint density at radius 2 is 1.06 bits per heavy atom. The molecule has 1 rings (SSSR count). The van der Waals surface area contributed by atoms with E-state index in [9.17, 15) is 0 Å². The monoisotopic (exact) mass is 848 g/mol. The lowest BCUT2D eigenvalue weighted by Crippen LogP contribution is -2.94. The van der Waals surface area contributed by atoms with E-state index in [0.717, 1.165) is 24.6 Å². The van der Waals surface area contributed by atoms with Crippen molar-refractivity contribution in [2.75, 3.05) is 0 Å². The highest BCUT2D eigenvalue weighted by molar-refractivity contribution is 6.86. The molecule has 19 heteroatoms. The van der Waals surface area contributed by atoms with E-state index in [1.54, 1.807) is 0 Å². The van der Waals surface area contributed by atoms with Crippen LogP contribution >= 0.6 is 0 Å². The fraction of sp³-hybridized carbons (Fsp3) is 0.931. The standard InChI is InChI=1S/C29H76O9Si10/c1-11-12-13-14-15-16-17-18-19-20-24(5)25(6,32-40)27(34-42,21(30-39)22(31-47-8)48(9,10)23(2,3)4)29(37-45,38-46)28(35-43,36-44)26(24,7)33-41/h11-20,47H2,1-10,39-46H3. The molecule has 0 aromatic carbocycles. The molecular weight excluding hydrogens is 773 g/mol. The van der Waals surface area contributed by atoms with Crippen LogP contribution in [0.3, 0.4) is 0 Å². The lowest BCUT2D eigenvalue weighted by atomic mass is 9.45. The van der Waals surface area contributed by atoms with Gasteiger partial charge in [-0.2, -0.15) is 0 Å².